The minimum atomic E-state index is -1.25. The zero-order valence-electron chi connectivity index (χ0n) is 7.75. The van der Waals surface area contributed by atoms with Gasteiger partial charge in [-0.25, -0.2) is 4.79 Å². The van der Waals surface area contributed by atoms with E-state index in [1.807, 2.05) is 22.6 Å². The number of benzene rings is 1. The van der Waals surface area contributed by atoms with Gasteiger partial charge in [-0.15, -0.1) is 0 Å². The number of carboxylic acids is 1. The number of carboxylic acid groups (broad SMARTS) is 1. The highest BCUT2D eigenvalue weighted by atomic mass is 127. The number of carbonyl (C=O) groups is 1. The fourth-order valence-corrected chi connectivity index (χ4v) is 2.60. The van der Waals surface area contributed by atoms with Crippen LogP contribution in [-0.4, -0.2) is 16.1 Å². The van der Waals surface area contributed by atoms with E-state index >= 15 is 0 Å². The second-order valence-corrected chi connectivity index (χ2v) is 4.75. The number of aromatic amines is 1. The Labute approximate surface area is 108 Å². The summed E-state index contributed by atoms with van der Waals surface area (Å²) in [7, 11) is 0. The lowest BCUT2D eigenvalue weighted by Crippen LogP contribution is -2.15. The summed E-state index contributed by atoms with van der Waals surface area (Å²) in [4.78, 5) is 25.4. The highest BCUT2D eigenvalue weighted by Crippen LogP contribution is 2.21. The molecule has 1 aromatic heterocycles. The Morgan fingerprint density at radius 3 is 2.75 bits per heavy atom. The third kappa shape index (κ3) is 1.80. The smallest absolute Gasteiger partial charge is 0.341 e. The second-order valence-electron chi connectivity index (χ2n) is 3.15. The van der Waals surface area contributed by atoms with Gasteiger partial charge in [-0.1, -0.05) is 11.6 Å². The maximum absolute atomic E-state index is 11.8. The van der Waals surface area contributed by atoms with Gasteiger partial charge >= 0.3 is 5.97 Å². The van der Waals surface area contributed by atoms with Crippen LogP contribution in [-0.2, 0) is 0 Å². The average molecular weight is 350 g/mol. The molecule has 0 unspecified atom stereocenters. The van der Waals surface area contributed by atoms with Crippen LogP contribution in [0.3, 0.4) is 0 Å². The second kappa shape index (κ2) is 4.06. The van der Waals surface area contributed by atoms with Gasteiger partial charge in [0.15, 0.2) is 0 Å². The molecule has 0 saturated heterocycles. The first-order valence-electron chi connectivity index (χ1n) is 4.24. The molecule has 0 aliphatic carbocycles. The quantitative estimate of drug-likeness (QED) is 0.777. The number of fused-ring (bicyclic) bond motifs is 1. The Morgan fingerprint density at radius 2 is 2.12 bits per heavy atom. The summed E-state index contributed by atoms with van der Waals surface area (Å²) in [6.07, 6.45) is 1.20. The molecular formula is C10H5ClINO3. The van der Waals surface area contributed by atoms with E-state index in [0.717, 1.165) is 3.57 Å². The third-order valence-corrected chi connectivity index (χ3v) is 3.20. The van der Waals surface area contributed by atoms with Gasteiger partial charge in [-0.05, 0) is 34.7 Å². The summed E-state index contributed by atoms with van der Waals surface area (Å²) in [6.45, 7) is 0. The van der Waals surface area contributed by atoms with E-state index in [1.165, 1.54) is 12.3 Å². The summed E-state index contributed by atoms with van der Waals surface area (Å²) in [5.41, 5.74) is -0.216. The highest BCUT2D eigenvalue weighted by Gasteiger charge is 2.13. The molecule has 82 valence electrons. The van der Waals surface area contributed by atoms with E-state index in [2.05, 4.69) is 4.98 Å². The van der Waals surface area contributed by atoms with Gasteiger partial charge < -0.3 is 10.1 Å². The summed E-state index contributed by atoms with van der Waals surface area (Å²) in [6, 6.07) is 3.16. The Balaban J connectivity index is 2.95. The maximum atomic E-state index is 11.8. The molecule has 0 aliphatic rings. The first-order chi connectivity index (χ1) is 7.50. The van der Waals surface area contributed by atoms with Crippen molar-refractivity contribution in [3.8, 4) is 0 Å². The molecule has 2 N–H and O–H groups in total. The third-order valence-electron chi connectivity index (χ3n) is 2.14. The fraction of sp³-hybridized carbons (Fsp3) is 0. The van der Waals surface area contributed by atoms with Crippen molar-refractivity contribution in [3.63, 3.8) is 0 Å². The van der Waals surface area contributed by atoms with Gasteiger partial charge in [0.05, 0.1) is 5.52 Å². The molecule has 0 amide bonds. The molecule has 2 rings (SSSR count). The molecule has 16 heavy (non-hydrogen) atoms. The van der Waals surface area contributed by atoms with Crippen LogP contribution in [0.25, 0.3) is 10.9 Å². The fourth-order valence-electron chi connectivity index (χ4n) is 1.41. The molecular weight excluding hydrogens is 344 g/mol. The Morgan fingerprint density at radius 1 is 1.44 bits per heavy atom. The number of hydrogen-bond donors (Lipinski definition) is 2. The first kappa shape index (κ1) is 11.4. The molecule has 2 aromatic rings. The van der Waals surface area contributed by atoms with Crippen LogP contribution in [0, 0.1) is 3.57 Å². The van der Waals surface area contributed by atoms with Crippen LogP contribution in [0.1, 0.15) is 10.4 Å². The minimum absolute atomic E-state index is 0.287. The molecule has 1 aromatic carbocycles. The van der Waals surface area contributed by atoms with Gasteiger partial charge in [0.1, 0.15) is 5.56 Å². The van der Waals surface area contributed by atoms with E-state index < -0.39 is 11.4 Å². The van der Waals surface area contributed by atoms with Crippen LogP contribution in [0.5, 0.6) is 0 Å². The van der Waals surface area contributed by atoms with Crippen molar-refractivity contribution < 1.29 is 9.90 Å². The van der Waals surface area contributed by atoms with Crippen molar-refractivity contribution in [3.05, 3.63) is 42.7 Å². The molecule has 0 saturated carbocycles. The van der Waals surface area contributed by atoms with Crippen LogP contribution < -0.4 is 5.43 Å². The number of aromatic carboxylic acids is 1. The molecule has 0 atom stereocenters. The Bertz CT molecular complexity index is 650. The van der Waals surface area contributed by atoms with Gasteiger partial charge in [0.25, 0.3) is 0 Å². The highest BCUT2D eigenvalue weighted by molar-refractivity contribution is 14.1. The van der Waals surface area contributed by atoms with E-state index in [1.54, 1.807) is 6.07 Å². The standard InChI is InChI=1S/C10H5ClINO3/c11-4-1-5-8(7(12)2-4)13-3-6(9(5)14)10(15)16/h1-3H,(H,13,14)(H,15,16). The van der Waals surface area contributed by atoms with Crippen molar-refractivity contribution in [2.45, 2.75) is 0 Å². The van der Waals surface area contributed by atoms with Gasteiger partial charge in [-0.2, -0.15) is 0 Å². The molecule has 4 nitrogen and oxygen atoms in total. The van der Waals surface area contributed by atoms with E-state index in [-0.39, 0.29) is 10.9 Å². The average Bonchev–Trinajstić information content (AvgIpc) is 2.19. The molecule has 0 fully saturated rings. The molecule has 6 heteroatoms. The number of H-pyrrole nitrogens is 1. The van der Waals surface area contributed by atoms with Crippen LogP contribution in [0.15, 0.2) is 23.1 Å². The number of rotatable bonds is 1. The predicted octanol–water partition coefficient (Wildman–Crippen LogP) is 2.48. The topological polar surface area (TPSA) is 70.2 Å². The van der Waals surface area contributed by atoms with Crippen LogP contribution >= 0.6 is 34.2 Å². The zero-order valence-corrected chi connectivity index (χ0v) is 10.7. The number of halogens is 2. The Hall–Kier alpha value is -1.08. The number of aromatic nitrogens is 1. The SMILES string of the molecule is O=C(O)c1c[nH]c2c(I)cc(Cl)cc2c1=O. The lowest BCUT2D eigenvalue weighted by molar-refractivity contribution is 0.0695. The van der Waals surface area contributed by atoms with E-state index in [4.69, 9.17) is 16.7 Å². The summed E-state index contributed by atoms with van der Waals surface area (Å²) >= 11 is 7.85. The molecule has 0 aliphatic heterocycles. The number of pyridine rings is 1. The van der Waals surface area contributed by atoms with Gasteiger partial charge in [-0.3, -0.25) is 4.79 Å². The first-order valence-corrected chi connectivity index (χ1v) is 5.70. The van der Waals surface area contributed by atoms with E-state index in [0.29, 0.717) is 10.5 Å². The summed E-state index contributed by atoms with van der Waals surface area (Å²) in [5.74, 6) is -1.25. The zero-order chi connectivity index (χ0) is 11.9. The van der Waals surface area contributed by atoms with Crippen LogP contribution in [0.2, 0.25) is 5.02 Å². The van der Waals surface area contributed by atoms with Gasteiger partial charge in [0.2, 0.25) is 5.43 Å². The molecule has 0 bridgehead atoms. The van der Waals surface area contributed by atoms with Gasteiger partial charge in [0, 0.05) is 20.2 Å². The predicted molar refractivity (Wildman–Crippen MR) is 69.3 cm³/mol. The lowest BCUT2D eigenvalue weighted by atomic mass is 10.1. The summed E-state index contributed by atoms with van der Waals surface area (Å²) < 4.78 is 0.772. The van der Waals surface area contributed by atoms with Crippen molar-refractivity contribution in [2.24, 2.45) is 0 Å². The monoisotopic (exact) mass is 349 g/mol. The maximum Gasteiger partial charge on any atom is 0.341 e. The van der Waals surface area contributed by atoms with Crippen molar-refractivity contribution in [1.29, 1.82) is 0 Å². The summed E-state index contributed by atoms with van der Waals surface area (Å²) in [5, 5.41) is 9.50. The molecule has 0 radical (unpaired) electrons. The minimum Gasteiger partial charge on any atom is -0.477 e. The number of hydrogen-bond acceptors (Lipinski definition) is 2. The largest absolute Gasteiger partial charge is 0.477 e. The van der Waals surface area contributed by atoms with Crippen molar-refractivity contribution in [2.75, 3.05) is 0 Å². The Kier molecular flexibility index (Phi) is 2.90. The molecule has 1 heterocycles. The molecule has 0 spiro atoms. The lowest BCUT2D eigenvalue weighted by Gasteiger charge is -2.02. The number of nitrogens with one attached hydrogen (secondary N) is 1. The normalized spacial score (nSPS) is 10.6. The van der Waals surface area contributed by atoms with Crippen molar-refractivity contribution in [1.82, 2.24) is 4.98 Å². The van der Waals surface area contributed by atoms with Crippen molar-refractivity contribution >= 4 is 51.1 Å². The van der Waals surface area contributed by atoms with E-state index in [9.17, 15) is 9.59 Å². The van der Waals surface area contributed by atoms with Crippen LogP contribution in [0.4, 0.5) is 0 Å².